The SMILES string of the molecule is N#Cc1cc([N+](=O)[O-])cn(CC(=O)NCc2ccc(Cl)cc2Cl)c1=O. The van der Waals surface area contributed by atoms with Crippen LogP contribution in [0.4, 0.5) is 5.69 Å². The summed E-state index contributed by atoms with van der Waals surface area (Å²) in [4.78, 5) is 34.1. The number of hydrogen-bond acceptors (Lipinski definition) is 5. The Morgan fingerprint density at radius 1 is 1.36 bits per heavy atom. The highest BCUT2D eigenvalue weighted by molar-refractivity contribution is 6.35. The van der Waals surface area contributed by atoms with Gasteiger partial charge in [0.05, 0.1) is 11.1 Å². The van der Waals surface area contributed by atoms with Gasteiger partial charge in [-0.25, -0.2) is 0 Å². The molecule has 8 nitrogen and oxygen atoms in total. The summed E-state index contributed by atoms with van der Waals surface area (Å²) in [5.74, 6) is -0.572. The van der Waals surface area contributed by atoms with E-state index in [9.17, 15) is 19.7 Å². The molecule has 1 aromatic carbocycles. The second-order valence-electron chi connectivity index (χ2n) is 4.93. The molecule has 0 aliphatic rings. The Morgan fingerprint density at radius 3 is 2.68 bits per heavy atom. The van der Waals surface area contributed by atoms with E-state index in [2.05, 4.69) is 5.32 Å². The fraction of sp³-hybridized carbons (Fsp3) is 0.133. The maximum Gasteiger partial charge on any atom is 0.287 e. The summed E-state index contributed by atoms with van der Waals surface area (Å²) < 4.78 is 0.815. The van der Waals surface area contributed by atoms with E-state index < -0.39 is 34.2 Å². The van der Waals surface area contributed by atoms with Crippen LogP contribution >= 0.6 is 23.2 Å². The van der Waals surface area contributed by atoms with Gasteiger partial charge < -0.3 is 5.32 Å². The number of rotatable bonds is 5. The van der Waals surface area contributed by atoms with E-state index in [1.54, 1.807) is 18.2 Å². The highest BCUT2D eigenvalue weighted by atomic mass is 35.5. The number of nitrogens with zero attached hydrogens (tertiary/aromatic N) is 3. The lowest BCUT2D eigenvalue weighted by molar-refractivity contribution is -0.385. The number of hydrogen-bond donors (Lipinski definition) is 1. The Bertz CT molecular complexity index is 950. The van der Waals surface area contributed by atoms with Gasteiger partial charge in [0.25, 0.3) is 11.2 Å². The highest BCUT2D eigenvalue weighted by Gasteiger charge is 2.15. The second-order valence-corrected chi connectivity index (χ2v) is 5.77. The highest BCUT2D eigenvalue weighted by Crippen LogP contribution is 2.20. The number of halogens is 2. The fourth-order valence-electron chi connectivity index (χ4n) is 1.99. The van der Waals surface area contributed by atoms with Crippen LogP contribution in [-0.2, 0) is 17.9 Å². The van der Waals surface area contributed by atoms with Crippen molar-refractivity contribution in [2.45, 2.75) is 13.1 Å². The van der Waals surface area contributed by atoms with E-state index in [1.807, 2.05) is 0 Å². The summed E-state index contributed by atoms with van der Waals surface area (Å²) in [6.07, 6.45) is 0.915. The predicted octanol–water partition coefficient (Wildman–Crippen LogP) is 2.25. The molecule has 0 saturated heterocycles. The van der Waals surface area contributed by atoms with Crippen molar-refractivity contribution in [2.75, 3.05) is 0 Å². The standard InChI is InChI=1S/C15H10Cl2N4O4/c16-11-2-1-9(13(17)4-11)6-19-14(22)8-20-7-12(21(24)25)3-10(5-18)15(20)23/h1-4,7H,6,8H2,(H,19,22). The van der Waals surface area contributed by atoms with Crippen molar-refractivity contribution < 1.29 is 9.72 Å². The quantitative estimate of drug-likeness (QED) is 0.630. The van der Waals surface area contributed by atoms with Gasteiger partial charge in [-0.1, -0.05) is 29.3 Å². The minimum Gasteiger partial charge on any atom is -0.350 e. The normalized spacial score (nSPS) is 10.1. The second kappa shape index (κ2) is 7.79. The number of benzene rings is 1. The molecule has 0 atom stereocenters. The van der Waals surface area contributed by atoms with Crippen LogP contribution in [-0.4, -0.2) is 15.4 Å². The number of nitro groups is 1. The van der Waals surface area contributed by atoms with Gasteiger partial charge in [0, 0.05) is 22.7 Å². The molecule has 1 N–H and O–H groups in total. The summed E-state index contributed by atoms with van der Waals surface area (Å²) in [6, 6.07) is 7.21. The molecule has 2 aromatic rings. The number of pyridine rings is 1. The molecule has 0 aliphatic carbocycles. The zero-order chi connectivity index (χ0) is 18.6. The summed E-state index contributed by atoms with van der Waals surface area (Å²) in [5, 5.41) is 23.1. The van der Waals surface area contributed by atoms with Gasteiger partial charge in [0.2, 0.25) is 5.91 Å². The maximum atomic E-state index is 12.0. The van der Waals surface area contributed by atoms with E-state index in [1.165, 1.54) is 6.07 Å². The monoisotopic (exact) mass is 380 g/mol. The molecule has 1 amide bonds. The number of amides is 1. The molecule has 0 saturated carbocycles. The first-order valence-electron chi connectivity index (χ1n) is 6.81. The molecule has 128 valence electrons. The van der Waals surface area contributed by atoms with E-state index in [0.29, 0.717) is 15.6 Å². The minimum absolute atomic E-state index is 0.0869. The van der Waals surface area contributed by atoms with Gasteiger partial charge in [-0.3, -0.25) is 24.3 Å². The first-order chi connectivity index (χ1) is 11.8. The van der Waals surface area contributed by atoms with Gasteiger partial charge in [0.1, 0.15) is 18.2 Å². The Labute approximate surface area is 151 Å². The van der Waals surface area contributed by atoms with Crippen molar-refractivity contribution in [2.24, 2.45) is 0 Å². The van der Waals surface area contributed by atoms with Crippen LogP contribution in [0.25, 0.3) is 0 Å². The van der Waals surface area contributed by atoms with Gasteiger partial charge in [-0.2, -0.15) is 5.26 Å². The lowest BCUT2D eigenvalue weighted by atomic mass is 10.2. The fourth-order valence-corrected chi connectivity index (χ4v) is 2.46. The maximum absolute atomic E-state index is 12.0. The van der Waals surface area contributed by atoms with Crippen molar-refractivity contribution >= 4 is 34.8 Å². The van der Waals surface area contributed by atoms with Crippen LogP contribution in [0.3, 0.4) is 0 Å². The molecular weight excluding hydrogens is 371 g/mol. The van der Waals surface area contributed by atoms with Crippen molar-refractivity contribution in [3.8, 4) is 6.07 Å². The van der Waals surface area contributed by atoms with Crippen LogP contribution in [0.5, 0.6) is 0 Å². The van der Waals surface area contributed by atoms with Gasteiger partial charge >= 0.3 is 0 Å². The zero-order valence-electron chi connectivity index (χ0n) is 12.5. The molecule has 0 bridgehead atoms. The predicted molar refractivity (Wildman–Crippen MR) is 90.4 cm³/mol. The summed E-state index contributed by atoms with van der Waals surface area (Å²) in [6.45, 7) is -0.385. The molecule has 0 aliphatic heterocycles. The lowest BCUT2D eigenvalue weighted by Crippen LogP contribution is -2.32. The average molecular weight is 381 g/mol. The lowest BCUT2D eigenvalue weighted by Gasteiger charge is -2.09. The third-order valence-electron chi connectivity index (χ3n) is 3.21. The zero-order valence-corrected chi connectivity index (χ0v) is 14.0. The summed E-state index contributed by atoms with van der Waals surface area (Å²) in [5.41, 5.74) is -1.04. The number of nitrogens with one attached hydrogen (secondary N) is 1. The number of nitriles is 1. The van der Waals surface area contributed by atoms with Crippen molar-refractivity contribution in [1.29, 1.82) is 5.26 Å². The molecule has 1 heterocycles. The molecule has 0 unspecified atom stereocenters. The Morgan fingerprint density at radius 2 is 2.08 bits per heavy atom. The van der Waals surface area contributed by atoms with Crippen LogP contribution in [0, 0.1) is 21.4 Å². The van der Waals surface area contributed by atoms with Crippen LogP contribution in [0.15, 0.2) is 35.3 Å². The molecule has 2 rings (SSSR count). The first-order valence-corrected chi connectivity index (χ1v) is 7.57. The van der Waals surface area contributed by atoms with Crippen LogP contribution < -0.4 is 10.9 Å². The number of carbonyl (C=O) groups excluding carboxylic acids is 1. The molecule has 25 heavy (non-hydrogen) atoms. The van der Waals surface area contributed by atoms with E-state index in [0.717, 1.165) is 16.8 Å². The molecule has 1 aromatic heterocycles. The molecule has 0 radical (unpaired) electrons. The number of aromatic nitrogens is 1. The Balaban J connectivity index is 2.15. The molecule has 0 spiro atoms. The van der Waals surface area contributed by atoms with Gasteiger partial charge in [-0.05, 0) is 17.7 Å². The first kappa shape index (κ1) is 18.4. The van der Waals surface area contributed by atoms with E-state index >= 15 is 0 Å². The van der Waals surface area contributed by atoms with Gasteiger partial charge in [0.15, 0.2) is 0 Å². The molecular formula is C15H10Cl2N4O4. The Hall–Kier alpha value is -2.89. The van der Waals surface area contributed by atoms with E-state index in [-0.39, 0.29) is 6.54 Å². The van der Waals surface area contributed by atoms with E-state index in [4.69, 9.17) is 28.5 Å². The van der Waals surface area contributed by atoms with Crippen molar-refractivity contribution in [3.63, 3.8) is 0 Å². The summed E-state index contributed by atoms with van der Waals surface area (Å²) in [7, 11) is 0. The topological polar surface area (TPSA) is 118 Å². The largest absolute Gasteiger partial charge is 0.350 e. The Kier molecular flexibility index (Phi) is 5.75. The summed E-state index contributed by atoms with van der Waals surface area (Å²) >= 11 is 11.8. The van der Waals surface area contributed by atoms with Crippen LogP contribution in [0.1, 0.15) is 11.1 Å². The number of carbonyl (C=O) groups is 1. The smallest absolute Gasteiger partial charge is 0.287 e. The molecule has 0 fully saturated rings. The van der Waals surface area contributed by atoms with Crippen molar-refractivity contribution in [3.05, 3.63) is 72.1 Å². The van der Waals surface area contributed by atoms with Crippen LogP contribution in [0.2, 0.25) is 10.0 Å². The molecule has 10 heteroatoms. The van der Waals surface area contributed by atoms with Crippen molar-refractivity contribution in [1.82, 2.24) is 9.88 Å². The average Bonchev–Trinajstić information content (AvgIpc) is 2.55. The third-order valence-corrected chi connectivity index (χ3v) is 3.79. The third kappa shape index (κ3) is 4.56. The van der Waals surface area contributed by atoms with Gasteiger partial charge in [-0.15, -0.1) is 0 Å². The minimum atomic E-state index is -0.784.